The Balaban J connectivity index is 0.950. The van der Waals surface area contributed by atoms with Crippen molar-refractivity contribution in [1.29, 1.82) is 0 Å². The highest BCUT2D eigenvalue weighted by Crippen LogP contribution is 2.47. The summed E-state index contributed by atoms with van der Waals surface area (Å²) in [6.45, 7) is 10.1. The molecule has 2 aliphatic heterocycles. The number of benzene rings is 4. The molecule has 0 saturated carbocycles. The van der Waals surface area contributed by atoms with Gasteiger partial charge in [-0.05, 0) is 88.8 Å². The Bertz CT molecular complexity index is 2500. The molecule has 12 nitrogen and oxygen atoms in total. The van der Waals surface area contributed by atoms with Crippen LogP contribution < -0.4 is 9.80 Å². The predicted molar refractivity (Wildman–Crippen MR) is 267 cm³/mol. The van der Waals surface area contributed by atoms with Crippen LogP contribution in [-0.2, 0) is 52.8 Å². The molecule has 8 rings (SSSR count). The number of esters is 2. The largest absolute Gasteiger partial charge is 0.452 e. The highest BCUT2D eigenvalue weighted by molar-refractivity contribution is 7.10. The van der Waals surface area contributed by atoms with Crippen molar-refractivity contribution in [3.63, 3.8) is 0 Å². The number of likely N-dealkylation sites (tertiary alicyclic amines) is 2. The minimum absolute atomic E-state index is 0.0823. The number of piperidine rings is 2. The van der Waals surface area contributed by atoms with Crippen molar-refractivity contribution in [3.05, 3.63) is 177 Å². The maximum atomic E-state index is 14.5. The molecule has 0 radical (unpaired) electrons. The molecule has 0 spiro atoms. The lowest BCUT2D eigenvalue weighted by atomic mass is 9.81. The van der Waals surface area contributed by atoms with Gasteiger partial charge in [-0.1, -0.05) is 97.1 Å². The topological polar surface area (TPSA) is 125 Å². The minimum atomic E-state index is -0.903. The van der Waals surface area contributed by atoms with Gasteiger partial charge in [-0.3, -0.25) is 29.2 Å². The first-order valence-electron chi connectivity index (χ1n) is 23.1. The van der Waals surface area contributed by atoms with Gasteiger partial charge in [0, 0.05) is 83.9 Å². The highest BCUT2D eigenvalue weighted by atomic mass is 32.1. The molecular formula is C54H58N6O6S2. The minimum Gasteiger partial charge on any atom is -0.452 e. The van der Waals surface area contributed by atoms with Gasteiger partial charge in [0.2, 0.25) is 0 Å². The highest BCUT2D eigenvalue weighted by Gasteiger charge is 2.50. The molecule has 6 aromatic rings. The summed E-state index contributed by atoms with van der Waals surface area (Å²) < 4.78 is 11.1. The Morgan fingerprint density at radius 3 is 1.26 bits per heavy atom. The Hall–Kier alpha value is -6.32. The van der Waals surface area contributed by atoms with Gasteiger partial charge in [-0.15, -0.1) is 22.7 Å². The average Bonchev–Trinajstić information content (AvgIpc) is 4.01. The van der Waals surface area contributed by atoms with Gasteiger partial charge in [-0.2, -0.15) is 0 Å². The first-order valence-corrected chi connectivity index (χ1v) is 24.9. The number of ether oxygens (including phenoxy) is 2. The van der Waals surface area contributed by atoms with E-state index in [9.17, 15) is 19.2 Å². The summed E-state index contributed by atoms with van der Waals surface area (Å²) in [5.41, 5.74) is 3.86. The van der Waals surface area contributed by atoms with E-state index in [-0.39, 0.29) is 12.1 Å². The number of carbonyl (C=O) groups is 4. The second-order valence-electron chi connectivity index (χ2n) is 17.8. The molecule has 2 fully saturated rings. The van der Waals surface area contributed by atoms with Gasteiger partial charge >= 0.3 is 11.9 Å². The van der Waals surface area contributed by atoms with Crippen LogP contribution in [0.15, 0.2) is 144 Å². The molecule has 0 N–H and O–H groups in total. The Labute approximate surface area is 406 Å². The molecule has 2 aromatic heterocycles. The van der Waals surface area contributed by atoms with Crippen LogP contribution in [0.4, 0.5) is 11.4 Å². The average molecular weight is 951 g/mol. The summed E-state index contributed by atoms with van der Waals surface area (Å²) in [6.07, 6.45) is 4.27. The number of aryl methyl sites for hydroxylation is 2. The number of nitrogens with zero attached hydrogens (tertiary/aromatic N) is 6. The summed E-state index contributed by atoms with van der Waals surface area (Å²) >= 11 is 3.05. The summed E-state index contributed by atoms with van der Waals surface area (Å²) in [7, 11) is 0. The number of aromatic nitrogens is 2. The molecule has 4 aromatic carbocycles. The van der Waals surface area contributed by atoms with Gasteiger partial charge in [0.15, 0.2) is 13.2 Å². The molecular weight excluding hydrogens is 893 g/mol. The fourth-order valence-electron chi connectivity index (χ4n) is 9.81. The molecule has 4 atom stereocenters. The molecule has 0 bridgehead atoms. The van der Waals surface area contributed by atoms with E-state index in [1.807, 2.05) is 122 Å². The van der Waals surface area contributed by atoms with Crippen molar-refractivity contribution in [2.75, 3.05) is 36.1 Å². The summed E-state index contributed by atoms with van der Waals surface area (Å²) in [6, 6.07) is 39.7. The Kier molecular flexibility index (Phi) is 15.4. The lowest BCUT2D eigenvalue weighted by molar-refractivity contribution is -0.145. The lowest BCUT2D eigenvalue weighted by Gasteiger charge is -2.50. The Morgan fingerprint density at radius 2 is 0.941 bits per heavy atom. The first-order chi connectivity index (χ1) is 32.9. The second kappa shape index (κ2) is 21.8. The van der Waals surface area contributed by atoms with Gasteiger partial charge in [0.05, 0.1) is 0 Å². The van der Waals surface area contributed by atoms with E-state index >= 15 is 0 Å². The quantitative estimate of drug-likeness (QED) is 0.0685. The van der Waals surface area contributed by atoms with Gasteiger partial charge < -0.3 is 9.47 Å². The van der Waals surface area contributed by atoms with Crippen LogP contribution in [0.1, 0.15) is 72.1 Å². The van der Waals surface area contributed by atoms with Crippen LogP contribution in [0.3, 0.4) is 0 Å². The molecule has 68 heavy (non-hydrogen) atoms. The zero-order valence-corrected chi connectivity index (χ0v) is 40.7. The van der Waals surface area contributed by atoms with Crippen molar-refractivity contribution < 1.29 is 28.7 Å². The molecule has 14 heteroatoms. The Morgan fingerprint density at radius 1 is 0.588 bits per heavy atom. The molecule has 4 unspecified atom stereocenters. The van der Waals surface area contributed by atoms with E-state index in [1.165, 1.54) is 33.8 Å². The van der Waals surface area contributed by atoms with Crippen molar-refractivity contribution >= 4 is 57.8 Å². The third-order valence-corrected chi connectivity index (χ3v) is 15.4. The van der Waals surface area contributed by atoms with Crippen molar-refractivity contribution in [2.24, 2.45) is 0 Å². The first kappa shape index (κ1) is 48.1. The lowest BCUT2D eigenvalue weighted by Crippen LogP contribution is -2.58. The van der Waals surface area contributed by atoms with E-state index in [0.717, 1.165) is 46.6 Å². The monoisotopic (exact) mass is 950 g/mol. The molecule has 2 aliphatic rings. The number of hydrogen-bond acceptors (Lipinski definition) is 12. The standard InChI is InChI=1S/C54H58N6O6S2/c1-39-37-67-51(55-39)53(27-29-57(41(3)31-53)33-43-17-9-5-10-18-43)59(45-21-13-7-14-22-45)47(61)35-65-49(63)25-26-50(64)66-36-48(62)60(46-23-15-8-16-24-46)54(52-56-40(2)38-68-52)28-30-58(42(4)32-54)34-44-19-11-6-12-20-44/h5-26,37-38,41-42H,27-36H2,1-4H3/b26-25+. The zero-order chi connectivity index (χ0) is 47.7. The number of hydrogen-bond donors (Lipinski definition) is 0. The molecule has 352 valence electrons. The van der Waals surface area contributed by atoms with Crippen molar-refractivity contribution in [1.82, 2.24) is 19.8 Å². The van der Waals surface area contributed by atoms with Crippen LogP contribution in [0, 0.1) is 13.8 Å². The number of carbonyl (C=O) groups excluding carboxylic acids is 4. The summed E-state index contributed by atoms with van der Waals surface area (Å²) in [4.78, 5) is 73.8. The van der Waals surface area contributed by atoms with Crippen LogP contribution in [-0.4, -0.2) is 81.9 Å². The SMILES string of the molecule is Cc1csc(C2(N(C(=O)COC(=O)/C=C/C(=O)OCC(=O)N(c3ccccc3)C3(c4nc(C)cs4)CCN(Cc4ccccc4)C(C)C3)c3ccccc3)CCN(Cc3ccccc3)C(C)C2)n1. The number of thiazole rings is 2. The second-order valence-corrected chi connectivity index (χ2v) is 19.6. The van der Waals surface area contributed by atoms with Gasteiger partial charge in [0.1, 0.15) is 21.1 Å². The normalized spacial score (nSPS) is 21.0. The number of amides is 2. The number of para-hydroxylation sites is 2. The number of rotatable bonds is 16. The van der Waals surface area contributed by atoms with E-state index in [1.54, 1.807) is 9.80 Å². The van der Waals surface area contributed by atoms with E-state index in [2.05, 4.69) is 47.9 Å². The fourth-order valence-corrected chi connectivity index (χ4v) is 11.9. The van der Waals surface area contributed by atoms with Crippen LogP contribution in [0.25, 0.3) is 0 Å². The maximum absolute atomic E-state index is 14.5. The van der Waals surface area contributed by atoms with Gasteiger partial charge in [-0.25, -0.2) is 19.6 Å². The summed E-state index contributed by atoms with van der Waals surface area (Å²) in [5, 5.41) is 5.64. The van der Waals surface area contributed by atoms with E-state index < -0.39 is 48.0 Å². The fraction of sp³-hybridized carbons (Fsp3) is 0.333. The van der Waals surface area contributed by atoms with Crippen molar-refractivity contribution in [2.45, 2.75) is 89.6 Å². The van der Waals surface area contributed by atoms with Crippen LogP contribution >= 0.6 is 22.7 Å². The molecule has 2 saturated heterocycles. The van der Waals surface area contributed by atoms with Crippen LogP contribution in [0.5, 0.6) is 0 Å². The molecule has 0 aliphatic carbocycles. The third-order valence-electron chi connectivity index (χ3n) is 13.0. The molecule has 2 amide bonds. The van der Waals surface area contributed by atoms with E-state index in [4.69, 9.17) is 19.4 Å². The number of anilines is 2. The van der Waals surface area contributed by atoms with Crippen LogP contribution in [0.2, 0.25) is 0 Å². The third kappa shape index (κ3) is 11.0. The van der Waals surface area contributed by atoms with Crippen molar-refractivity contribution in [3.8, 4) is 0 Å². The van der Waals surface area contributed by atoms with Gasteiger partial charge in [0.25, 0.3) is 11.8 Å². The smallest absolute Gasteiger partial charge is 0.331 e. The predicted octanol–water partition coefficient (Wildman–Crippen LogP) is 9.39. The molecule has 4 heterocycles. The maximum Gasteiger partial charge on any atom is 0.331 e. The van der Waals surface area contributed by atoms with E-state index in [0.29, 0.717) is 50.1 Å². The summed E-state index contributed by atoms with van der Waals surface area (Å²) in [5.74, 6) is -2.65. The zero-order valence-electron chi connectivity index (χ0n) is 39.0.